The van der Waals surface area contributed by atoms with E-state index in [9.17, 15) is 9.90 Å². The maximum Gasteiger partial charge on any atom is 0.254 e. The van der Waals surface area contributed by atoms with Crippen molar-refractivity contribution in [1.82, 2.24) is 9.80 Å². The van der Waals surface area contributed by atoms with Crippen molar-refractivity contribution in [3.63, 3.8) is 0 Å². The summed E-state index contributed by atoms with van der Waals surface area (Å²) in [5, 5.41) is 9.47. The maximum atomic E-state index is 13.1. The smallest absolute Gasteiger partial charge is 0.254 e. The molecule has 1 aromatic carbocycles. The standard InChI is InChI=1S/C24H34N2O3/c27-21-8-6-18(7-9-21)16-25-14-10-20(11-15-25)26-23(28)22(29-17-19-4-5-19)24(26)12-2-1-3-13-24/h6-9,19-20,22,27H,1-5,10-17H2. The topological polar surface area (TPSA) is 53.0 Å². The number of phenolic OH excluding ortho intramolecular Hbond substituents is 1. The molecule has 2 saturated heterocycles. The first-order valence-corrected chi connectivity index (χ1v) is 11.6. The third-order valence-corrected chi connectivity index (χ3v) is 7.61. The third kappa shape index (κ3) is 3.79. The van der Waals surface area contributed by atoms with Crippen LogP contribution < -0.4 is 0 Å². The minimum atomic E-state index is -0.168. The van der Waals surface area contributed by atoms with Crippen molar-refractivity contribution in [2.24, 2.45) is 5.92 Å². The van der Waals surface area contributed by atoms with Crippen LogP contribution in [0.15, 0.2) is 24.3 Å². The number of amides is 1. The molecule has 0 radical (unpaired) electrons. The van der Waals surface area contributed by atoms with Crippen molar-refractivity contribution < 1.29 is 14.6 Å². The quantitative estimate of drug-likeness (QED) is 0.743. The van der Waals surface area contributed by atoms with Crippen LogP contribution in [0.5, 0.6) is 5.75 Å². The Bertz CT molecular complexity index is 716. The Morgan fingerprint density at radius 2 is 1.69 bits per heavy atom. The summed E-state index contributed by atoms with van der Waals surface area (Å²) in [5.74, 6) is 1.30. The zero-order valence-corrected chi connectivity index (χ0v) is 17.4. The van der Waals surface area contributed by atoms with Crippen molar-refractivity contribution in [1.29, 1.82) is 0 Å². The SMILES string of the molecule is O=C1C(OCC2CC2)C2(CCCCC2)N1C1CCN(Cc2ccc(O)cc2)CC1. The van der Waals surface area contributed by atoms with Crippen LogP contribution in [0.25, 0.3) is 0 Å². The van der Waals surface area contributed by atoms with Crippen molar-refractivity contribution in [3.8, 4) is 5.75 Å². The van der Waals surface area contributed by atoms with Gasteiger partial charge in [-0.1, -0.05) is 31.4 Å². The Kier molecular flexibility index (Phi) is 5.29. The molecule has 2 aliphatic carbocycles. The van der Waals surface area contributed by atoms with Crippen LogP contribution in [-0.2, 0) is 16.1 Å². The first-order chi connectivity index (χ1) is 14.2. The molecule has 4 aliphatic rings. The second kappa shape index (κ2) is 7.92. The third-order valence-electron chi connectivity index (χ3n) is 7.61. The number of rotatable bonds is 6. The number of carbonyl (C=O) groups excluding carboxylic acids is 1. The van der Waals surface area contributed by atoms with E-state index in [2.05, 4.69) is 9.80 Å². The number of phenols is 1. The zero-order valence-electron chi connectivity index (χ0n) is 17.4. The van der Waals surface area contributed by atoms with Gasteiger partial charge in [-0.3, -0.25) is 9.69 Å². The van der Waals surface area contributed by atoms with Crippen molar-refractivity contribution in [2.45, 2.75) is 82.0 Å². The van der Waals surface area contributed by atoms with Crippen LogP contribution >= 0.6 is 0 Å². The molecule has 0 aromatic heterocycles. The van der Waals surface area contributed by atoms with Crippen LogP contribution in [-0.4, -0.2) is 58.2 Å². The number of piperidine rings is 1. The molecule has 1 atom stereocenters. The second-order valence-electron chi connectivity index (χ2n) is 9.70. The van der Waals surface area contributed by atoms with Crippen LogP contribution in [0.4, 0.5) is 0 Å². The van der Waals surface area contributed by atoms with E-state index in [0.717, 1.165) is 51.9 Å². The highest BCUT2D eigenvalue weighted by molar-refractivity contribution is 5.90. The van der Waals surface area contributed by atoms with Crippen LogP contribution in [0.3, 0.4) is 0 Å². The molecule has 5 rings (SSSR count). The number of benzene rings is 1. The molecule has 2 heterocycles. The molecule has 158 valence electrons. The summed E-state index contributed by atoms with van der Waals surface area (Å²) in [6, 6.07) is 7.89. The van der Waals surface area contributed by atoms with Crippen molar-refractivity contribution in [2.75, 3.05) is 19.7 Å². The molecule has 0 bridgehead atoms. The number of carbonyl (C=O) groups is 1. The molecule has 1 aromatic rings. The molecule has 1 amide bonds. The summed E-state index contributed by atoms with van der Waals surface area (Å²) in [7, 11) is 0. The lowest BCUT2D eigenvalue weighted by Crippen LogP contribution is -2.78. The number of likely N-dealkylation sites (tertiary alicyclic amines) is 2. The van der Waals surface area contributed by atoms with Gasteiger partial charge in [0.25, 0.3) is 5.91 Å². The van der Waals surface area contributed by atoms with Gasteiger partial charge < -0.3 is 14.7 Å². The summed E-state index contributed by atoms with van der Waals surface area (Å²) in [4.78, 5) is 17.9. The Labute approximate surface area is 174 Å². The second-order valence-corrected chi connectivity index (χ2v) is 9.70. The number of hydrogen-bond donors (Lipinski definition) is 1. The molecular formula is C24H34N2O3. The predicted molar refractivity (Wildman–Crippen MR) is 112 cm³/mol. The first kappa shape index (κ1) is 19.4. The minimum Gasteiger partial charge on any atom is -0.508 e. The Balaban J connectivity index is 1.21. The molecule has 29 heavy (non-hydrogen) atoms. The van der Waals surface area contributed by atoms with Gasteiger partial charge in [0, 0.05) is 25.7 Å². The van der Waals surface area contributed by atoms with Crippen molar-refractivity contribution >= 4 is 5.91 Å². The van der Waals surface area contributed by atoms with E-state index in [1.165, 1.54) is 37.7 Å². The van der Waals surface area contributed by atoms with Gasteiger partial charge in [0.2, 0.25) is 0 Å². The number of nitrogens with zero attached hydrogens (tertiary/aromatic N) is 2. The summed E-state index contributed by atoms with van der Waals surface area (Å²) in [6.07, 6.45) is 10.5. The summed E-state index contributed by atoms with van der Waals surface area (Å²) in [5.41, 5.74) is 1.23. The lowest BCUT2D eigenvalue weighted by Gasteiger charge is -2.62. The van der Waals surface area contributed by atoms with E-state index >= 15 is 0 Å². The fourth-order valence-corrected chi connectivity index (χ4v) is 5.78. The monoisotopic (exact) mass is 398 g/mol. The van der Waals surface area contributed by atoms with Crippen molar-refractivity contribution in [3.05, 3.63) is 29.8 Å². The predicted octanol–water partition coefficient (Wildman–Crippen LogP) is 3.70. The van der Waals surface area contributed by atoms with E-state index in [1.54, 1.807) is 12.1 Å². The average molecular weight is 399 g/mol. The Hall–Kier alpha value is -1.59. The van der Waals surface area contributed by atoms with Crippen LogP contribution in [0, 0.1) is 5.92 Å². The molecule has 4 fully saturated rings. The fraction of sp³-hybridized carbons (Fsp3) is 0.708. The van der Waals surface area contributed by atoms with E-state index in [0.29, 0.717) is 17.7 Å². The van der Waals surface area contributed by atoms with E-state index in [4.69, 9.17) is 4.74 Å². The molecule has 1 spiro atoms. The Morgan fingerprint density at radius 3 is 2.34 bits per heavy atom. The zero-order chi connectivity index (χ0) is 19.8. The number of hydrogen-bond acceptors (Lipinski definition) is 4. The number of ether oxygens (including phenoxy) is 1. The molecule has 2 aliphatic heterocycles. The van der Waals surface area contributed by atoms with Gasteiger partial charge in [-0.2, -0.15) is 0 Å². The molecular weight excluding hydrogens is 364 g/mol. The maximum absolute atomic E-state index is 13.1. The van der Waals surface area contributed by atoms with Gasteiger partial charge in [-0.25, -0.2) is 0 Å². The highest BCUT2D eigenvalue weighted by Gasteiger charge is 2.62. The summed E-state index contributed by atoms with van der Waals surface area (Å²) < 4.78 is 6.22. The van der Waals surface area contributed by atoms with Crippen LogP contribution in [0.1, 0.15) is 63.4 Å². The van der Waals surface area contributed by atoms with Gasteiger partial charge in [0.1, 0.15) is 5.75 Å². The highest BCUT2D eigenvalue weighted by Crippen LogP contribution is 2.48. The van der Waals surface area contributed by atoms with E-state index in [1.807, 2.05) is 12.1 Å². The average Bonchev–Trinajstić information content (AvgIpc) is 3.56. The van der Waals surface area contributed by atoms with E-state index < -0.39 is 0 Å². The normalized spacial score (nSPS) is 27.9. The minimum absolute atomic E-state index is 0.00594. The molecule has 1 unspecified atom stereocenters. The lowest BCUT2D eigenvalue weighted by molar-refractivity contribution is -0.211. The molecule has 5 nitrogen and oxygen atoms in total. The molecule has 5 heteroatoms. The van der Waals surface area contributed by atoms with Gasteiger partial charge in [-0.15, -0.1) is 0 Å². The van der Waals surface area contributed by atoms with Gasteiger partial charge >= 0.3 is 0 Å². The molecule has 1 N–H and O–H groups in total. The lowest BCUT2D eigenvalue weighted by atomic mass is 9.68. The Morgan fingerprint density at radius 1 is 1.00 bits per heavy atom. The fourth-order valence-electron chi connectivity index (χ4n) is 5.78. The largest absolute Gasteiger partial charge is 0.508 e. The first-order valence-electron chi connectivity index (χ1n) is 11.6. The van der Waals surface area contributed by atoms with E-state index in [-0.39, 0.29) is 17.6 Å². The van der Waals surface area contributed by atoms with Crippen LogP contribution in [0.2, 0.25) is 0 Å². The van der Waals surface area contributed by atoms with Gasteiger partial charge in [0.15, 0.2) is 6.10 Å². The molecule has 2 saturated carbocycles. The summed E-state index contributed by atoms with van der Waals surface area (Å²) in [6.45, 7) is 3.76. The summed E-state index contributed by atoms with van der Waals surface area (Å²) >= 11 is 0. The number of aromatic hydroxyl groups is 1. The number of β-lactam (4-membered cyclic amide) rings is 1. The highest BCUT2D eigenvalue weighted by atomic mass is 16.5. The van der Waals surface area contributed by atoms with Gasteiger partial charge in [-0.05, 0) is 62.1 Å². The van der Waals surface area contributed by atoms with Gasteiger partial charge in [0.05, 0.1) is 12.1 Å².